The minimum Gasteiger partial charge on any atom is -0.326 e. The van der Waals surface area contributed by atoms with E-state index < -0.39 is 0 Å². The number of Topliss-reactive ketones (excluding diaryl/α,β-unsaturated/α-hetero) is 1. The number of hydrogen-bond donors (Lipinski definition) is 1. The second-order valence-corrected chi connectivity index (χ2v) is 2.85. The normalized spacial score (nSPS) is 10.0. The standard InChI is InChI=1S/C10H13NO2/c1-3-8-7(9(12)4-2)5-6-10(13)11-8/h5-6H,3-4H2,1-2H3,(H,11,13). The first-order chi connectivity index (χ1) is 6.19. The van der Waals surface area contributed by atoms with E-state index >= 15 is 0 Å². The highest BCUT2D eigenvalue weighted by atomic mass is 16.1. The van der Waals surface area contributed by atoms with Crippen molar-refractivity contribution in [1.82, 2.24) is 4.98 Å². The fourth-order valence-electron chi connectivity index (χ4n) is 1.25. The van der Waals surface area contributed by atoms with Crippen LogP contribution in [0.2, 0.25) is 0 Å². The molecule has 0 aromatic carbocycles. The number of rotatable bonds is 3. The number of aromatic amines is 1. The average molecular weight is 179 g/mol. The van der Waals surface area contributed by atoms with Crippen LogP contribution in [0, 0.1) is 0 Å². The van der Waals surface area contributed by atoms with E-state index in [1.54, 1.807) is 6.07 Å². The molecule has 1 rings (SSSR count). The molecule has 0 unspecified atom stereocenters. The molecule has 0 radical (unpaired) electrons. The molecule has 13 heavy (non-hydrogen) atoms. The molecule has 1 aromatic heterocycles. The molecule has 1 aromatic rings. The van der Waals surface area contributed by atoms with Gasteiger partial charge in [0.05, 0.1) is 0 Å². The van der Waals surface area contributed by atoms with Gasteiger partial charge in [-0.25, -0.2) is 0 Å². The number of carbonyl (C=O) groups excluding carboxylic acids is 1. The number of pyridine rings is 1. The van der Waals surface area contributed by atoms with Crippen molar-refractivity contribution in [3.63, 3.8) is 0 Å². The van der Waals surface area contributed by atoms with E-state index in [0.29, 0.717) is 18.4 Å². The van der Waals surface area contributed by atoms with Gasteiger partial charge in [0.1, 0.15) is 0 Å². The Morgan fingerprint density at radius 1 is 1.38 bits per heavy atom. The minimum absolute atomic E-state index is 0.0769. The number of carbonyl (C=O) groups is 1. The van der Waals surface area contributed by atoms with Crippen LogP contribution in [0.15, 0.2) is 16.9 Å². The van der Waals surface area contributed by atoms with Gasteiger partial charge in [-0.1, -0.05) is 13.8 Å². The second kappa shape index (κ2) is 4.03. The molecule has 70 valence electrons. The summed E-state index contributed by atoms with van der Waals surface area (Å²) in [5.74, 6) is 0.0769. The topological polar surface area (TPSA) is 49.9 Å². The predicted octanol–water partition coefficient (Wildman–Crippen LogP) is 1.53. The quantitative estimate of drug-likeness (QED) is 0.715. The van der Waals surface area contributed by atoms with Crippen LogP contribution in [0.1, 0.15) is 36.3 Å². The van der Waals surface area contributed by atoms with E-state index in [9.17, 15) is 9.59 Å². The number of hydrogen-bond acceptors (Lipinski definition) is 2. The molecule has 0 saturated carbocycles. The number of ketones is 1. The zero-order valence-corrected chi connectivity index (χ0v) is 7.89. The van der Waals surface area contributed by atoms with Crippen molar-refractivity contribution in [2.45, 2.75) is 26.7 Å². The summed E-state index contributed by atoms with van der Waals surface area (Å²) in [5.41, 5.74) is 1.23. The van der Waals surface area contributed by atoms with Crippen LogP contribution in [-0.2, 0) is 6.42 Å². The summed E-state index contributed by atoms with van der Waals surface area (Å²) in [4.78, 5) is 25.0. The van der Waals surface area contributed by atoms with E-state index in [1.807, 2.05) is 13.8 Å². The van der Waals surface area contributed by atoms with Crippen molar-refractivity contribution < 1.29 is 4.79 Å². The Labute approximate surface area is 76.8 Å². The summed E-state index contributed by atoms with van der Waals surface area (Å²) < 4.78 is 0. The fraction of sp³-hybridized carbons (Fsp3) is 0.400. The summed E-state index contributed by atoms with van der Waals surface area (Å²) >= 11 is 0. The van der Waals surface area contributed by atoms with Crippen LogP contribution in [0.4, 0.5) is 0 Å². The Morgan fingerprint density at radius 2 is 2.08 bits per heavy atom. The van der Waals surface area contributed by atoms with Crippen molar-refractivity contribution in [2.24, 2.45) is 0 Å². The van der Waals surface area contributed by atoms with Crippen LogP contribution in [0.5, 0.6) is 0 Å². The molecule has 0 aliphatic heterocycles. The van der Waals surface area contributed by atoms with E-state index in [4.69, 9.17) is 0 Å². The van der Waals surface area contributed by atoms with Crippen LogP contribution < -0.4 is 5.56 Å². The zero-order valence-electron chi connectivity index (χ0n) is 7.89. The number of H-pyrrole nitrogens is 1. The van der Waals surface area contributed by atoms with Gasteiger partial charge in [0.2, 0.25) is 5.56 Å². The van der Waals surface area contributed by atoms with Crippen molar-refractivity contribution in [1.29, 1.82) is 0 Å². The lowest BCUT2D eigenvalue weighted by Crippen LogP contribution is -2.12. The molecule has 0 atom stereocenters. The molecular formula is C10H13NO2. The summed E-state index contributed by atoms with van der Waals surface area (Å²) in [6, 6.07) is 2.99. The second-order valence-electron chi connectivity index (χ2n) is 2.85. The average Bonchev–Trinajstić information content (AvgIpc) is 2.16. The fourth-order valence-corrected chi connectivity index (χ4v) is 1.25. The molecule has 1 N–H and O–H groups in total. The molecule has 0 aliphatic carbocycles. The lowest BCUT2D eigenvalue weighted by atomic mass is 10.1. The maximum absolute atomic E-state index is 11.4. The molecule has 3 nitrogen and oxygen atoms in total. The van der Waals surface area contributed by atoms with Crippen LogP contribution >= 0.6 is 0 Å². The molecule has 3 heteroatoms. The third-order valence-corrected chi connectivity index (χ3v) is 1.98. The third kappa shape index (κ3) is 2.05. The lowest BCUT2D eigenvalue weighted by Gasteiger charge is -2.03. The highest BCUT2D eigenvalue weighted by molar-refractivity contribution is 5.96. The summed E-state index contributed by atoms with van der Waals surface area (Å²) in [5, 5.41) is 0. The van der Waals surface area contributed by atoms with Gasteiger partial charge in [-0.15, -0.1) is 0 Å². The third-order valence-electron chi connectivity index (χ3n) is 1.98. The SMILES string of the molecule is CCC(=O)c1ccc(=O)[nH]c1CC. The molecule has 0 aliphatic rings. The highest BCUT2D eigenvalue weighted by Gasteiger charge is 2.08. The van der Waals surface area contributed by atoms with E-state index in [2.05, 4.69) is 4.98 Å². The molecular weight excluding hydrogens is 166 g/mol. The van der Waals surface area contributed by atoms with Crippen molar-refractivity contribution in [3.05, 3.63) is 33.7 Å². The van der Waals surface area contributed by atoms with Gasteiger partial charge in [0.15, 0.2) is 5.78 Å². The zero-order chi connectivity index (χ0) is 9.84. The Hall–Kier alpha value is -1.38. The van der Waals surface area contributed by atoms with Gasteiger partial charge < -0.3 is 4.98 Å². The first-order valence-corrected chi connectivity index (χ1v) is 4.44. The largest absolute Gasteiger partial charge is 0.326 e. The Morgan fingerprint density at radius 3 is 2.62 bits per heavy atom. The van der Waals surface area contributed by atoms with Crippen LogP contribution in [0.25, 0.3) is 0 Å². The monoisotopic (exact) mass is 179 g/mol. The summed E-state index contributed by atoms with van der Waals surface area (Å²) in [6.45, 7) is 3.73. The van der Waals surface area contributed by atoms with Gasteiger partial charge in [-0.2, -0.15) is 0 Å². The minimum atomic E-state index is -0.149. The molecule has 1 heterocycles. The molecule has 0 fully saturated rings. The Kier molecular flexibility index (Phi) is 3.01. The molecule has 0 bridgehead atoms. The number of aromatic nitrogens is 1. The maximum Gasteiger partial charge on any atom is 0.248 e. The maximum atomic E-state index is 11.4. The smallest absolute Gasteiger partial charge is 0.248 e. The van der Waals surface area contributed by atoms with Gasteiger partial charge in [0.25, 0.3) is 0 Å². The number of aryl methyl sites for hydroxylation is 1. The van der Waals surface area contributed by atoms with Gasteiger partial charge in [-0.05, 0) is 12.5 Å². The van der Waals surface area contributed by atoms with Gasteiger partial charge in [-0.3, -0.25) is 9.59 Å². The molecule has 0 spiro atoms. The van der Waals surface area contributed by atoms with Gasteiger partial charge in [0, 0.05) is 23.7 Å². The predicted molar refractivity (Wildman–Crippen MR) is 51.1 cm³/mol. The van der Waals surface area contributed by atoms with Crippen molar-refractivity contribution in [3.8, 4) is 0 Å². The van der Waals surface area contributed by atoms with Crippen LogP contribution in [-0.4, -0.2) is 10.8 Å². The van der Waals surface area contributed by atoms with E-state index in [-0.39, 0.29) is 11.3 Å². The Bertz CT molecular complexity index is 365. The summed E-state index contributed by atoms with van der Waals surface area (Å²) in [7, 11) is 0. The van der Waals surface area contributed by atoms with E-state index in [1.165, 1.54) is 6.07 Å². The van der Waals surface area contributed by atoms with Crippen molar-refractivity contribution in [2.75, 3.05) is 0 Å². The molecule has 0 saturated heterocycles. The number of nitrogens with one attached hydrogen (secondary N) is 1. The van der Waals surface area contributed by atoms with E-state index in [0.717, 1.165) is 5.69 Å². The Balaban J connectivity index is 3.21. The molecule has 0 amide bonds. The van der Waals surface area contributed by atoms with Crippen molar-refractivity contribution >= 4 is 5.78 Å². The highest BCUT2D eigenvalue weighted by Crippen LogP contribution is 2.06. The van der Waals surface area contributed by atoms with Gasteiger partial charge >= 0.3 is 0 Å². The first-order valence-electron chi connectivity index (χ1n) is 4.44. The van der Waals surface area contributed by atoms with Crippen LogP contribution in [0.3, 0.4) is 0 Å². The first kappa shape index (κ1) is 9.71. The summed E-state index contributed by atoms with van der Waals surface area (Å²) in [6.07, 6.45) is 1.15. The lowest BCUT2D eigenvalue weighted by molar-refractivity contribution is 0.0987.